The number of fused-ring (bicyclic) bond motifs is 6. The minimum atomic E-state index is 1.16. The Hall–Kier alpha value is -6.90. The van der Waals surface area contributed by atoms with Crippen molar-refractivity contribution in [2.24, 2.45) is 0 Å². The number of benzene rings is 8. The van der Waals surface area contributed by atoms with Crippen LogP contribution in [0.1, 0.15) is 27.8 Å². The Bertz CT molecular complexity index is 3040. The molecule has 55 heavy (non-hydrogen) atoms. The molecule has 0 unspecified atom stereocenters. The highest BCUT2D eigenvalue weighted by Crippen LogP contribution is 2.38. The van der Waals surface area contributed by atoms with Crippen molar-refractivity contribution in [2.75, 3.05) is 0 Å². The van der Waals surface area contributed by atoms with Crippen LogP contribution in [0.3, 0.4) is 0 Å². The van der Waals surface area contributed by atoms with E-state index >= 15 is 0 Å². The van der Waals surface area contributed by atoms with Crippen LogP contribution < -0.4 is 0 Å². The highest BCUT2D eigenvalue weighted by atomic mass is 15.0. The van der Waals surface area contributed by atoms with Gasteiger partial charge in [0.15, 0.2) is 0 Å². The molecule has 0 saturated carbocycles. The Kier molecular flexibility index (Phi) is 7.85. The molecule has 0 bridgehead atoms. The molecule has 10 rings (SSSR count). The highest BCUT2D eigenvalue weighted by Gasteiger charge is 2.17. The first kappa shape index (κ1) is 32.7. The molecule has 0 amide bonds. The summed E-state index contributed by atoms with van der Waals surface area (Å²) in [4.78, 5) is 0. The maximum atomic E-state index is 2.43. The van der Waals surface area contributed by atoms with Crippen LogP contribution in [0.2, 0.25) is 0 Å². The summed E-state index contributed by atoms with van der Waals surface area (Å²) >= 11 is 0. The summed E-state index contributed by atoms with van der Waals surface area (Å²) in [5, 5.41) is 5.11. The predicted octanol–water partition coefficient (Wildman–Crippen LogP) is 14.3. The molecule has 0 aliphatic rings. The van der Waals surface area contributed by atoms with Crippen molar-refractivity contribution in [3.8, 4) is 33.6 Å². The molecule has 262 valence electrons. The third-order valence-electron chi connectivity index (χ3n) is 11.1. The van der Waals surface area contributed by atoms with E-state index in [-0.39, 0.29) is 0 Å². The fourth-order valence-electron chi connectivity index (χ4n) is 8.40. The number of aryl methyl sites for hydroxylation is 3. The molecule has 2 heteroatoms. The first-order valence-electron chi connectivity index (χ1n) is 19.1. The van der Waals surface area contributed by atoms with E-state index < -0.39 is 0 Å². The average molecular weight is 705 g/mol. The zero-order chi connectivity index (χ0) is 37.0. The SMILES string of the molecule is Cc1ccc(-n2c3ccccc3c3cc(-c4ccccc4C=Cc4ccc(-c5ccccc5-n5c6ccc(C)cc6c6cc(C)ccc65)cc4)ccc32)cc1. The minimum absolute atomic E-state index is 1.16. The summed E-state index contributed by atoms with van der Waals surface area (Å²) in [6, 6.07) is 64.5. The van der Waals surface area contributed by atoms with Gasteiger partial charge in [-0.2, -0.15) is 0 Å². The lowest BCUT2D eigenvalue weighted by atomic mass is 9.97. The zero-order valence-electron chi connectivity index (χ0n) is 31.3. The van der Waals surface area contributed by atoms with Crippen molar-refractivity contribution in [1.29, 1.82) is 0 Å². The third kappa shape index (κ3) is 5.66. The lowest BCUT2D eigenvalue weighted by Crippen LogP contribution is -1.97. The van der Waals surface area contributed by atoms with Crippen molar-refractivity contribution in [1.82, 2.24) is 9.13 Å². The van der Waals surface area contributed by atoms with Gasteiger partial charge >= 0.3 is 0 Å². The van der Waals surface area contributed by atoms with Gasteiger partial charge in [0.25, 0.3) is 0 Å². The van der Waals surface area contributed by atoms with E-state index in [9.17, 15) is 0 Å². The molecule has 2 heterocycles. The molecule has 10 aromatic rings. The van der Waals surface area contributed by atoms with E-state index in [4.69, 9.17) is 0 Å². The van der Waals surface area contributed by atoms with Crippen LogP contribution in [-0.4, -0.2) is 9.13 Å². The fraction of sp³-hybridized carbons (Fsp3) is 0.0566. The topological polar surface area (TPSA) is 9.86 Å². The molecule has 0 saturated heterocycles. The average Bonchev–Trinajstić information content (AvgIpc) is 3.72. The third-order valence-corrected chi connectivity index (χ3v) is 11.1. The van der Waals surface area contributed by atoms with Gasteiger partial charge in [-0.25, -0.2) is 0 Å². The molecule has 0 aliphatic heterocycles. The fourth-order valence-corrected chi connectivity index (χ4v) is 8.40. The van der Waals surface area contributed by atoms with E-state index in [1.54, 1.807) is 0 Å². The second-order valence-electron chi connectivity index (χ2n) is 14.9. The van der Waals surface area contributed by atoms with Gasteiger partial charge in [0.1, 0.15) is 0 Å². The number of nitrogens with zero attached hydrogens (tertiary/aromatic N) is 2. The summed E-state index contributed by atoms with van der Waals surface area (Å²) in [6.07, 6.45) is 4.48. The summed E-state index contributed by atoms with van der Waals surface area (Å²) in [5.41, 5.74) is 18.3. The zero-order valence-corrected chi connectivity index (χ0v) is 31.3. The van der Waals surface area contributed by atoms with Crippen LogP contribution in [0.25, 0.3) is 89.4 Å². The van der Waals surface area contributed by atoms with Crippen molar-refractivity contribution in [3.05, 3.63) is 204 Å². The predicted molar refractivity (Wildman–Crippen MR) is 236 cm³/mol. The second kappa shape index (κ2) is 13.2. The number of aromatic nitrogens is 2. The Morgan fingerprint density at radius 3 is 1.65 bits per heavy atom. The van der Waals surface area contributed by atoms with Crippen molar-refractivity contribution < 1.29 is 0 Å². The molecule has 0 atom stereocenters. The first-order valence-corrected chi connectivity index (χ1v) is 19.1. The summed E-state index contributed by atoms with van der Waals surface area (Å²) in [6.45, 7) is 6.48. The van der Waals surface area contributed by atoms with E-state index in [1.165, 1.54) is 99.5 Å². The van der Waals surface area contributed by atoms with Crippen LogP contribution >= 0.6 is 0 Å². The normalized spacial score (nSPS) is 11.8. The number of hydrogen-bond acceptors (Lipinski definition) is 0. The Labute approximate surface area is 321 Å². The molecule has 2 nitrogen and oxygen atoms in total. The molecule has 0 N–H and O–H groups in total. The standard InChI is InChI=1S/C53H40N2/c1-35-16-27-42(28-17-35)54-50-15-9-7-13-45(50)48-34-41(26-31-51(48)54)43-11-5-4-10-39(43)23-20-38-21-24-40(25-22-38)44-12-6-8-14-49(44)55-52-29-18-36(2)32-46(52)47-33-37(3)19-30-53(47)55/h4-34H,1-3H3. The summed E-state index contributed by atoms with van der Waals surface area (Å²) in [5.74, 6) is 0. The van der Waals surface area contributed by atoms with Gasteiger partial charge < -0.3 is 9.13 Å². The molecule has 0 aliphatic carbocycles. The molecule has 0 spiro atoms. The van der Waals surface area contributed by atoms with Gasteiger partial charge in [-0.1, -0.05) is 144 Å². The summed E-state index contributed by atoms with van der Waals surface area (Å²) in [7, 11) is 0. The minimum Gasteiger partial charge on any atom is -0.309 e. The maximum absolute atomic E-state index is 2.43. The monoisotopic (exact) mass is 704 g/mol. The Balaban J connectivity index is 0.995. The van der Waals surface area contributed by atoms with E-state index in [1.807, 2.05) is 0 Å². The van der Waals surface area contributed by atoms with E-state index in [2.05, 4.69) is 218 Å². The highest BCUT2D eigenvalue weighted by molar-refractivity contribution is 6.11. The molecule has 0 radical (unpaired) electrons. The van der Waals surface area contributed by atoms with Crippen LogP contribution in [0.15, 0.2) is 176 Å². The van der Waals surface area contributed by atoms with Gasteiger partial charge in [-0.15, -0.1) is 0 Å². The van der Waals surface area contributed by atoms with Gasteiger partial charge in [0.2, 0.25) is 0 Å². The quantitative estimate of drug-likeness (QED) is 0.153. The van der Waals surface area contributed by atoms with Gasteiger partial charge in [0.05, 0.1) is 27.8 Å². The molecular weight excluding hydrogens is 665 g/mol. The number of rotatable bonds is 6. The largest absolute Gasteiger partial charge is 0.309 e. The number of para-hydroxylation sites is 2. The van der Waals surface area contributed by atoms with E-state index in [0.717, 1.165) is 5.56 Å². The van der Waals surface area contributed by atoms with E-state index in [0.29, 0.717) is 0 Å². The van der Waals surface area contributed by atoms with Crippen molar-refractivity contribution in [3.63, 3.8) is 0 Å². The first-order chi connectivity index (χ1) is 27.0. The molecule has 0 fully saturated rings. The smallest absolute Gasteiger partial charge is 0.0541 e. The summed E-state index contributed by atoms with van der Waals surface area (Å²) < 4.78 is 4.81. The Morgan fingerprint density at radius 2 is 0.909 bits per heavy atom. The second-order valence-corrected chi connectivity index (χ2v) is 14.9. The van der Waals surface area contributed by atoms with Gasteiger partial charge in [-0.05, 0) is 109 Å². The molecule has 8 aromatic carbocycles. The lowest BCUT2D eigenvalue weighted by molar-refractivity contribution is 1.17. The molecule has 2 aromatic heterocycles. The van der Waals surface area contributed by atoms with Gasteiger partial charge in [0, 0.05) is 32.8 Å². The number of hydrogen-bond donors (Lipinski definition) is 0. The van der Waals surface area contributed by atoms with Gasteiger partial charge in [-0.3, -0.25) is 0 Å². The lowest BCUT2D eigenvalue weighted by Gasteiger charge is -2.14. The van der Waals surface area contributed by atoms with Crippen molar-refractivity contribution in [2.45, 2.75) is 20.8 Å². The molecular formula is C53H40N2. The van der Waals surface area contributed by atoms with Crippen LogP contribution in [-0.2, 0) is 0 Å². The van der Waals surface area contributed by atoms with Crippen LogP contribution in [0.5, 0.6) is 0 Å². The van der Waals surface area contributed by atoms with Crippen LogP contribution in [0.4, 0.5) is 0 Å². The Morgan fingerprint density at radius 1 is 0.364 bits per heavy atom. The van der Waals surface area contributed by atoms with Crippen molar-refractivity contribution >= 4 is 55.8 Å². The maximum Gasteiger partial charge on any atom is 0.0541 e. The van der Waals surface area contributed by atoms with Crippen LogP contribution in [0, 0.1) is 20.8 Å².